The van der Waals surface area contributed by atoms with E-state index < -0.39 is 0 Å². The highest BCUT2D eigenvalue weighted by molar-refractivity contribution is 4.41. The molecule has 0 fully saturated rings. The van der Waals surface area contributed by atoms with Gasteiger partial charge in [0, 0.05) is 13.2 Å². The van der Waals surface area contributed by atoms with E-state index in [0.29, 0.717) is 52.9 Å². The van der Waals surface area contributed by atoms with Crippen molar-refractivity contribution in [3.05, 3.63) is 0 Å². The van der Waals surface area contributed by atoms with Crippen LogP contribution in [0.2, 0.25) is 0 Å². The van der Waals surface area contributed by atoms with Crippen LogP contribution >= 0.6 is 0 Å². The maximum Gasteiger partial charge on any atom is 0.0701 e. The van der Waals surface area contributed by atoms with Crippen LogP contribution in [0.25, 0.3) is 0 Å². The minimum Gasteiger partial charge on any atom is -0.379 e. The van der Waals surface area contributed by atoms with Gasteiger partial charge >= 0.3 is 0 Å². The third-order valence-electron chi connectivity index (χ3n) is 3.31. The molecule has 0 heterocycles. The summed E-state index contributed by atoms with van der Waals surface area (Å²) in [5.41, 5.74) is 0. The molecule has 146 valence electrons. The summed E-state index contributed by atoms with van der Waals surface area (Å²) in [6.45, 7) is 9.68. The van der Waals surface area contributed by atoms with Crippen molar-refractivity contribution in [1.82, 2.24) is 4.90 Å². The van der Waals surface area contributed by atoms with Crippen LogP contribution in [0.3, 0.4) is 0 Å². The summed E-state index contributed by atoms with van der Waals surface area (Å²) >= 11 is 0. The minimum absolute atomic E-state index is 0.592. The van der Waals surface area contributed by atoms with Gasteiger partial charge in [0.15, 0.2) is 0 Å². The summed E-state index contributed by atoms with van der Waals surface area (Å²) in [6.07, 6.45) is 4.97. The Hall–Kier alpha value is -0.240. The zero-order chi connectivity index (χ0) is 17.7. The molecule has 0 atom stereocenters. The van der Waals surface area contributed by atoms with E-state index in [1.807, 2.05) is 14.1 Å². The van der Waals surface area contributed by atoms with Crippen molar-refractivity contribution in [3.8, 4) is 0 Å². The zero-order valence-electron chi connectivity index (χ0n) is 16.1. The molecule has 0 saturated heterocycles. The van der Waals surface area contributed by atoms with Crippen LogP contribution in [0.1, 0.15) is 32.6 Å². The molecule has 0 amide bonds. The average molecular weight is 350 g/mol. The number of unbranched alkanes of at least 4 members (excludes halogenated alkanes) is 3. The fraction of sp³-hybridized carbons (Fsp3) is 1.00. The molecule has 0 aromatic carbocycles. The second-order valence-corrected chi connectivity index (χ2v) is 5.93. The van der Waals surface area contributed by atoms with E-state index in [4.69, 9.17) is 23.7 Å². The molecule has 6 nitrogen and oxygen atoms in total. The summed E-state index contributed by atoms with van der Waals surface area (Å²) in [6, 6.07) is 0. The molecule has 0 aliphatic heterocycles. The van der Waals surface area contributed by atoms with Gasteiger partial charge < -0.3 is 28.6 Å². The van der Waals surface area contributed by atoms with Gasteiger partial charge in [-0.2, -0.15) is 0 Å². The van der Waals surface area contributed by atoms with Gasteiger partial charge in [0.25, 0.3) is 0 Å². The number of ether oxygens (including phenoxy) is 5. The van der Waals surface area contributed by atoms with Crippen molar-refractivity contribution in [2.45, 2.75) is 32.6 Å². The lowest BCUT2D eigenvalue weighted by atomic mass is 10.2. The Morgan fingerprint density at radius 1 is 0.500 bits per heavy atom. The van der Waals surface area contributed by atoms with E-state index in [-0.39, 0.29) is 0 Å². The summed E-state index contributed by atoms with van der Waals surface area (Å²) in [5.74, 6) is 0. The number of hydrogen-bond acceptors (Lipinski definition) is 6. The van der Waals surface area contributed by atoms with Gasteiger partial charge in [0.1, 0.15) is 0 Å². The molecular formula is C18H39NO5. The molecule has 0 bridgehead atoms. The largest absolute Gasteiger partial charge is 0.379 e. The smallest absolute Gasteiger partial charge is 0.0701 e. The van der Waals surface area contributed by atoms with Crippen LogP contribution in [-0.2, 0) is 23.7 Å². The van der Waals surface area contributed by atoms with Gasteiger partial charge in [-0.25, -0.2) is 0 Å². The molecule has 0 aliphatic carbocycles. The van der Waals surface area contributed by atoms with Crippen molar-refractivity contribution in [1.29, 1.82) is 0 Å². The third kappa shape index (κ3) is 21.8. The Balaban J connectivity index is 2.95. The lowest BCUT2D eigenvalue weighted by molar-refractivity contribution is -0.0118. The highest BCUT2D eigenvalue weighted by Crippen LogP contribution is 1.98. The molecular weight excluding hydrogens is 310 g/mol. The normalized spacial score (nSPS) is 11.5. The van der Waals surface area contributed by atoms with Gasteiger partial charge in [-0.1, -0.05) is 26.2 Å². The Bertz CT molecular complexity index is 229. The van der Waals surface area contributed by atoms with Gasteiger partial charge in [-0.3, -0.25) is 0 Å². The second-order valence-electron chi connectivity index (χ2n) is 5.93. The minimum atomic E-state index is 0.592. The van der Waals surface area contributed by atoms with Crippen LogP contribution in [0.5, 0.6) is 0 Å². The summed E-state index contributed by atoms with van der Waals surface area (Å²) in [7, 11) is 4.06. The Morgan fingerprint density at radius 2 is 0.917 bits per heavy atom. The Kier molecular flexibility index (Phi) is 20.6. The first-order valence-corrected chi connectivity index (χ1v) is 9.30. The molecule has 6 heteroatoms. The summed E-state index contributed by atoms with van der Waals surface area (Å²) < 4.78 is 27.2. The van der Waals surface area contributed by atoms with Gasteiger partial charge in [-0.05, 0) is 20.5 Å². The third-order valence-corrected chi connectivity index (χ3v) is 3.31. The number of rotatable bonds is 20. The Morgan fingerprint density at radius 3 is 1.33 bits per heavy atom. The molecule has 0 N–H and O–H groups in total. The van der Waals surface area contributed by atoms with Crippen LogP contribution < -0.4 is 0 Å². The van der Waals surface area contributed by atoms with Crippen LogP contribution in [0, 0.1) is 0 Å². The first-order valence-electron chi connectivity index (χ1n) is 9.30. The fourth-order valence-electron chi connectivity index (χ4n) is 1.86. The lowest BCUT2D eigenvalue weighted by Crippen LogP contribution is -2.19. The molecule has 0 unspecified atom stereocenters. The van der Waals surface area contributed by atoms with Gasteiger partial charge in [0.2, 0.25) is 0 Å². The molecule has 0 aliphatic rings. The highest BCUT2D eigenvalue weighted by atomic mass is 16.6. The fourth-order valence-corrected chi connectivity index (χ4v) is 1.86. The van der Waals surface area contributed by atoms with Gasteiger partial charge in [-0.15, -0.1) is 0 Å². The van der Waals surface area contributed by atoms with E-state index in [1.165, 1.54) is 19.3 Å². The zero-order valence-corrected chi connectivity index (χ0v) is 16.1. The van der Waals surface area contributed by atoms with Crippen molar-refractivity contribution in [2.75, 3.05) is 86.7 Å². The standard InChI is InChI=1S/C18H39NO5/c1-4-5-6-7-9-20-11-13-22-15-17-24-18-16-23-14-12-21-10-8-19(2)3/h4-18H2,1-3H3. The second kappa shape index (κ2) is 20.8. The SMILES string of the molecule is CCCCCCOCCOCCOCCOCCOCCN(C)C. The first-order chi connectivity index (χ1) is 11.8. The molecule has 0 rings (SSSR count). The molecule has 0 aromatic heterocycles. The molecule has 0 saturated carbocycles. The van der Waals surface area contributed by atoms with Crippen molar-refractivity contribution < 1.29 is 23.7 Å². The number of hydrogen-bond donors (Lipinski definition) is 0. The van der Waals surface area contributed by atoms with E-state index in [1.54, 1.807) is 0 Å². The van der Waals surface area contributed by atoms with Crippen LogP contribution in [0.4, 0.5) is 0 Å². The monoisotopic (exact) mass is 349 g/mol. The maximum absolute atomic E-state index is 5.49. The average Bonchev–Trinajstić information content (AvgIpc) is 2.56. The maximum atomic E-state index is 5.49. The molecule has 24 heavy (non-hydrogen) atoms. The molecule has 0 spiro atoms. The van der Waals surface area contributed by atoms with Crippen molar-refractivity contribution >= 4 is 0 Å². The van der Waals surface area contributed by atoms with Crippen molar-refractivity contribution in [2.24, 2.45) is 0 Å². The predicted molar refractivity (Wildman–Crippen MR) is 96.8 cm³/mol. The highest BCUT2D eigenvalue weighted by Gasteiger charge is 1.94. The van der Waals surface area contributed by atoms with Crippen LogP contribution in [0.15, 0.2) is 0 Å². The van der Waals surface area contributed by atoms with E-state index in [2.05, 4.69) is 11.8 Å². The molecule has 0 aromatic rings. The topological polar surface area (TPSA) is 49.4 Å². The quantitative estimate of drug-likeness (QED) is 0.314. The van der Waals surface area contributed by atoms with E-state index >= 15 is 0 Å². The first kappa shape index (κ1) is 23.8. The number of likely N-dealkylation sites (N-methyl/N-ethyl adjacent to an activating group) is 1. The summed E-state index contributed by atoms with van der Waals surface area (Å²) in [5, 5.41) is 0. The summed E-state index contributed by atoms with van der Waals surface area (Å²) in [4.78, 5) is 2.09. The predicted octanol–water partition coefficient (Wildman–Crippen LogP) is 2.21. The van der Waals surface area contributed by atoms with Crippen molar-refractivity contribution in [3.63, 3.8) is 0 Å². The number of nitrogens with zero attached hydrogens (tertiary/aromatic N) is 1. The molecule has 0 radical (unpaired) electrons. The lowest BCUT2D eigenvalue weighted by Gasteiger charge is -2.10. The van der Waals surface area contributed by atoms with Crippen LogP contribution in [-0.4, -0.2) is 91.6 Å². The Labute approximate surface area is 148 Å². The van der Waals surface area contributed by atoms with Gasteiger partial charge in [0.05, 0.1) is 59.5 Å². The van der Waals surface area contributed by atoms with E-state index in [9.17, 15) is 0 Å². The van der Waals surface area contributed by atoms with E-state index in [0.717, 1.165) is 26.2 Å².